The Bertz CT molecular complexity index is 649. The highest BCUT2D eigenvalue weighted by Crippen LogP contribution is 2.42. The van der Waals surface area contributed by atoms with E-state index in [4.69, 9.17) is 16.6 Å². The maximum Gasteiger partial charge on any atom is 0.172 e. The summed E-state index contributed by atoms with van der Waals surface area (Å²) in [4.78, 5) is 10.4. The second-order valence-electron chi connectivity index (χ2n) is 5.06. The first-order chi connectivity index (χ1) is 10.1. The Balaban J connectivity index is 2.10. The van der Waals surface area contributed by atoms with Crippen LogP contribution in [0.15, 0.2) is 15.0 Å². The molecule has 0 radical (unpaired) electrons. The van der Waals surface area contributed by atoms with Crippen molar-refractivity contribution in [1.29, 1.82) is 0 Å². The van der Waals surface area contributed by atoms with Crippen molar-refractivity contribution in [3.63, 3.8) is 0 Å². The van der Waals surface area contributed by atoms with Gasteiger partial charge in [0.1, 0.15) is 10.2 Å². The lowest BCUT2D eigenvalue weighted by atomic mass is 10.0. The van der Waals surface area contributed by atoms with Crippen LogP contribution in [0.3, 0.4) is 0 Å². The highest BCUT2D eigenvalue weighted by molar-refractivity contribution is 9.11. The van der Waals surface area contributed by atoms with Crippen molar-refractivity contribution in [1.82, 2.24) is 9.97 Å². The number of nitrogens with zero attached hydrogens (tertiary/aromatic N) is 2. The zero-order valence-corrected chi connectivity index (χ0v) is 16.2. The van der Waals surface area contributed by atoms with Crippen molar-refractivity contribution >= 4 is 60.6 Å². The summed E-state index contributed by atoms with van der Waals surface area (Å²) in [6.07, 6.45) is 4.96. The molecule has 7 heteroatoms. The van der Waals surface area contributed by atoms with Gasteiger partial charge in [-0.05, 0) is 50.8 Å². The van der Waals surface area contributed by atoms with Crippen LogP contribution in [0.1, 0.15) is 37.3 Å². The number of rotatable bonds is 3. The Morgan fingerprint density at radius 3 is 2.57 bits per heavy atom. The number of aromatic nitrogens is 2. The molecule has 2 heterocycles. The Hall–Kier alpha value is -0.170. The van der Waals surface area contributed by atoms with E-state index in [1.807, 2.05) is 13.1 Å². The van der Waals surface area contributed by atoms with Crippen molar-refractivity contribution < 1.29 is 0 Å². The summed E-state index contributed by atoms with van der Waals surface area (Å²) in [5.74, 6) is 2.09. The molecule has 0 bridgehead atoms. The first kappa shape index (κ1) is 15.7. The van der Waals surface area contributed by atoms with Gasteiger partial charge in [-0.25, -0.2) is 9.97 Å². The molecule has 21 heavy (non-hydrogen) atoms. The van der Waals surface area contributed by atoms with Crippen LogP contribution < -0.4 is 5.32 Å². The number of hydrogen-bond acceptors (Lipinski definition) is 4. The fourth-order valence-electron chi connectivity index (χ4n) is 2.67. The minimum Gasteiger partial charge on any atom is -0.372 e. The number of thiophene rings is 1. The standard InChI is InChI=1S/C14H14Br2ClN3S/c1-18-14-10(16)11(7-4-2-3-5-7)19-13(20-14)9-6-8(15)12(17)21-9/h6-7H,2-5H2,1H3,(H,18,19,20). The second kappa shape index (κ2) is 6.52. The highest BCUT2D eigenvalue weighted by Gasteiger charge is 2.24. The van der Waals surface area contributed by atoms with Crippen LogP contribution in [0.2, 0.25) is 4.34 Å². The molecule has 1 N–H and O–H groups in total. The highest BCUT2D eigenvalue weighted by atomic mass is 79.9. The summed E-state index contributed by atoms with van der Waals surface area (Å²) in [7, 11) is 1.88. The minimum atomic E-state index is 0.520. The fraction of sp³-hybridized carbons (Fsp3) is 0.429. The summed E-state index contributed by atoms with van der Waals surface area (Å²) in [6, 6.07) is 1.98. The molecule has 3 rings (SSSR count). The Labute approximate surface area is 149 Å². The molecule has 2 aromatic rings. The van der Waals surface area contributed by atoms with Gasteiger partial charge in [0.25, 0.3) is 0 Å². The van der Waals surface area contributed by atoms with E-state index in [1.54, 1.807) is 0 Å². The van der Waals surface area contributed by atoms with E-state index < -0.39 is 0 Å². The van der Waals surface area contributed by atoms with Gasteiger partial charge in [0.05, 0.1) is 15.0 Å². The van der Waals surface area contributed by atoms with Crippen molar-refractivity contribution in [3.05, 3.63) is 25.0 Å². The van der Waals surface area contributed by atoms with Crippen molar-refractivity contribution in [3.8, 4) is 10.7 Å². The summed E-state index contributed by atoms with van der Waals surface area (Å²) in [5, 5.41) is 3.15. The van der Waals surface area contributed by atoms with Crippen LogP contribution in [0.4, 0.5) is 5.82 Å². The van der Waals surface area contributed by atoms with Gasteiger partial charge in [-0.1, -0.05) is 24.4 Å². The van der Waals surface area contributed by atoms with Crippen molar-refractivity contribution in [2.24, 2.45) is 0 Å². The Morgan fingerprint density at radius 1 is 1.29 bits per heavy atom. The molecule has 0 spiro atoms. The van der Waals surface area contributed by atoms with E-state index in [0.717, 1.165) is 35.5 Å². The molecule has 0 unspecified atom stereocenters. The molecule has 3 nitrogen and oxygen atoms in total. The molecule has 0 atom stereocenters. The quantitative estimate of drug-likeness (QED) is 0.614. The molecule has 1 fully saturated rings. The zero-order valence-electron chi connectivity index (χ0n) is 11.4. The van der Waals surface area contributed by atoms with E-state index >= 15 is 0 Å². The van der Waals surface area contributed by atoms with Crippen LogP contribution in [0, 0.1) is 0 Å². The Morgan fingerprint density at radius 2 is 2.00 bits per heavy atom. The molecule has 0 aliphatic heterocycles. The summed E-state index contributed by atoms with van der Waals surface area (Å²) >= 11 is 14.7. The monoisotopic (exact) mass is 449 g/mol. The van der Waals surface area contributed by atoms with Gasteiger partial charge in [0.15, 0.2) is 5.82 Å². The first-order valence-corrected chi connectivity index (χ1v) is 9.58. The van der Waals surface area contributed by atoms with Crippen LogP contribution in [-0.4, -0.2) is 17.0 Å². The lowest BCUT2D eigenvalue weighted by Crippen LogP contribution is -2.05. The largest absolute Gasteiger partial charge is 0.372 e. The van der Waals surface area contributed by atoms with Gasteiger partial charge in [-0.15, -0.1) is 11.3 Å². The molecule has 1 aliphatic carbocycles. The maximum absolute atomic E-state index is 6.14. The second-order valence-corrected chi connectivity index (χ2v) is 8.36. The van der Waals surface area contributed by atoms with Crippen LogP contribution in [0.25, 0.3) is 10.7 Å². The first-order valence-electron chi connectivity index (χ1n) is 6.80. The smallest absolute Gasteiger partial charge is 0.172 e. The fourth-order valence-corrected chi connectivity index (χ4v) is 5.00. The molecule has 1 saturated carbocycles. The predicted molar refractivity (Wildman–Crippen MR) is 96.5 cm³/mol. The zero-order chi connectivity index (χ0) is 15.0. The van der Waals surface area contributed by atoms with E-state index in [2.05, 4.69) is 42.2 Å². The van der Waals surface area contributed by atoms with Crippen LogP contribution >= 0.6 is 54.8 Å². The molecule has 0 saturated heterocycles. The number of halogens is 3. The number of hydrogen-bond donors (Lipinski definition) is 1. The van der Waals surface area contributed by atoms with E-state index in [-0.39, 0.29) is 0 Å². The predicted octanol–water partition coefficient (Wildman–Crippen LogP) is 6.08. The third kappa shape index (κ3) is 3.14. The summed E-state index contributed by atoms with van der Waals surface area (Å²) in [5.41, 5.74) is 1.11. The normalized spacial score (nSPS) is 15.6. The molecule has 1 aliphatic rings. The number of anilines is 1. The van der Waals surface area contributed by atoms with E-state index in [0.29, 0.717) is 5.92 Å². The molecular weight excluding hydrogens is 438 g/mol. The van der Waals surface area contributed by atoms with Crippen LogP contribution in [-0.2, 0) is 0 Å². The van der Waals surface area contributed by atoms with Gasteiger partial charge in [0.2, 0.25) is 0 Å². The van der Waals surface area contributed by atoms with Crippen molar-refractivity contribution in [2.75, 3.05) is 12.4 Å². The minimum absolute atomic E-state index is 0.520. The topological polar surface area (TPSA) is 37.8 Å². The SMILES string of the molecule is CNc1nc(-c2cc(Br)c(Cl)s2)nc(C2CCCC2)c1Br. The van der Waals surface area contributed by atoms with E-state index in [9.17, 15) is 0 Å². The third-order valence-electron chi connectivity index (χ3n) is 3.72. The third-order valence-corrected chi connectivity index (χ3v) is 6.97. The maximum atomic E-state index is 6.14. The van der Waals surface area contributed by atoms with Gasteiger partial charge < -0.3 is 5.32 Å². The van der Waals surface area contributed by atoms with Gasteiger partial charge >= 0.3 is 0 Å². The average molecular weight is 452 g/mol. The molecular formula is C14H14Br2ClN3S. The molecule has 0 aromatic carbocycles. The van der Waals surface area contributed by atoms with Crippen LogP contribution in [0.5, 0.6) is 0 Å². The summed E-state index contributed by atoms with van der Waals surface area (Å²) < 4.78 is 2.61. The average Bonchev–Trinajstić information content (AvgIpc) is 3.10. The lowest BCUT2D eigenvalue weighted by Gasteiger charge is -2.14. The van der Waals surface area contributed by atoms with E-state index in [1.165, 1.54) is 37.0 Å². The lowest BCUT2D eigenvalue weighted by molar-refractivity contribution is 0.691. The molecule has 2 aromatic heterocycles. The van der Waals surface area contributed by atoms with Gasteiger partial charge in [-0.3, -0.25) is 0 Å². The van der Waals surface area contributed by atoms with Crippen molar-refractivity contribution in [2.45, 2.75) is 31.6 Å². The van der Waals surface area contributed by atoms with Gasteiger partial charge in [-0.2, -0.15) is 0 Å². The molecule has 112 valence electrons. The van der Waals surface area contributed by atoms with Gasteiger partial charge in [0, 0.05) is 17.4 Å². The number of nitrogens with one attached hydrogen (secondary N) is 1. The summed E-state index contributed by atoms with van der Waals surface area (Å²) in [6.45, 7) is 0. The Kier molecular flexibility index (Phi) is 4.88. The molecule has 0 amide bonds.